The van der Waals surface area contributed by atoms with E-state index in [1.54, 1.807) is 24.1 Å². The smallest absolute Gasteiger partial charge is 0.321 e. The summed E-state index contributed by atoms with van der Waals surface area (Å²) in [7, 11) is 1.76. The van der Waals surface area contributed by atoms with Crippen molar-refractivity contribution < 1.29 is 9.59 Å². The van der Waals surface area contributed by atoms with Crippen LogP contribution in [0.3, 0.4) is 0 Å². The van der Waals surface area contributed by atoms with Crippen molar-refractivity contribution in [2.24, 2.45) is 0 Å². The highest BCUT2D eigenvalue weighted by atomic mass is 35.5. The van der Waals surface area contributed by atoms with Gasteiger partial charge in [-0.1, -0.05) is 42.3 Å². The molecular weight excluding hydrogens is 313 g/mol. The maximum Gasteiger partial charge on any atom is 0.321 e. The van der Waals surface area contributed by atoms with Gasteiger partial charge in [-0.3, -0.25) is 15.0 Å². The number of halogens is 2. The monoisotopic (exact) mass is 331 g/mol. The van der Waals surface area contributed by atoms with Crippen LogP contribution in [-0.2, 0) is 11.3 Å². The molecule has 0 aliphatic heterocycles. The zero-order chi connectivity index (χ0) is 15.8. The predicted octanol–water partition coefficient (Wildman–Crippen LogP) is 2.66. The third kappa shape index (κ3) is 6.33. The Morgan fingerprint density at radius 3 is 2.67 bits per heavy atom. The van der Waals surface area contributed by atoms with Crippen molar-refractivity contribution in [1.82, 2.24) is 15.5 Å². The minimum atomic E-state index is -0.476. The molecular formula is C14H19Cl2N3O2. The van der Waals surface area contributed by atoms with Crippen molar-refractivity contribution in [3.63, 3.8) is 0 Å². The SMILES string of the molecule is CCCNC(=O)NC(=O)CN(C)Cc1cccc(Cl)c1Cl. The van der Waals surface area contributed by atoms with Crippen LogP contribution in [0, 0.1) is 0 Å². The highest BCUT2D eigenvalue weighted by Gasteiger charge is 2.12. The maximum absolute atomic E-state index is 11.7. The zero-order valence-corrected chi connectivity index (χ0v) is 13.6. The lowest BCUT2D eigenvalue weighted by Gasteiger charge is -2.17. The van der Waals surface area contributed by atoms with Gasteiger partial charge < -0.3 is 5.32 Å². The van der Waals surface area contributed by atoms with E-state index in [9.17, 15) is 9.59 Å². The summed E-state index contributed by atoms with van der Waals surface area (Å²) in [6.45, 7) is 3.02. The molecule has 0 spiro atoms. The van der Waals surface area contributed by atoms with Crippen molar-refractivity contribution in [2.45, 2.75) is 19.9 Å². The third-order valence-electron chi connectivity index (χ3n) is 2.67. The van der Waals surface area contributed by atoms with Gasteiger partial charge in [-0.15, -0.1) is 0 Å². The van der Waals surface area contributed by atoms with Gasteiger partial charge in [0.25, 0.3) is 0 Å². The molecule has 21 heavy (non-hydrogen) atoms. The Labute approximate surface area is 134 Å². The first-order valence-electron chi connectivity index (χ1n) is 6.63. The van der Waals surface area contributed by atoms with Crippen LogP contribution >= 0.6 is 23.2 Å². The molecule has 0 atom stereocenters. The summed E-state index contributed by atoms with van der Waals surface area (Å²) in [6, 6.07) is 4.88. The van der Waals surface area contributed by atoms with Crippen LogP contribution in [0.25, 0.3) is 0 Å². The number of carbonyl (C=O) groups excluding carboxylic acids is 2. The fourth-order valence-corrected chi connectivity index (χ4v) is 2.09. The molecule has 0 aliphatic rings. The van der Waals surface area contributed by atoms with Gasteiger partial charge in [-0.05, 0) is 25.1 Å². The van der Waals surface area contributed by atoms with E-state index >= 15 is 0 Å². The standard InChI is InChI=1S/C14H19Cl2N3O2/c1-3-7-17-14(21)18-12(20)9-19(2)8-10-5-4-6-11(15)13(10)16/h4-6H,3,7-9H2,1-2H3,(H2,17,18,20,21). The van der Waals surface area contributed by atoms with Crippen molar-refractivity contribution >= 4 is 35.1 Å². The van der Waals surface area contributed by atoms with E-state index in [0.717, 1.165) is 12.0 Å². The summed E-state index contributed by atoms with van der Waals surface area (Å²) in [5, 5.41) is 5.80. The lowest BCUT2D eigenvalue weighted by Crippen LogP contribution is -2.43. The molecule has 116 valence electrons. The second-order valence-corrected chi connectivity index (χ2v) is 5.47. The molecule has 0 aromatic heterocycles. The van der Waals surface area contributed by atoms with Gasteiger partial charge in [0.05, 0.1) is 16.6 Å². The zero-order valence-electron chi connectivity index (χ0n) is 12.1. The Hall–Kier alpha value is -1.30. The summed E-state index contributed by atoms with van der Waals surface area (Å²) in [6.07, 6.45) is 0.814. The van der Waals surface area contributed by atoms with Crippen LogP contribution in [0.5, 0.6) is 0 Å². The van der Waals surface area contributed by atoms with E-state index in [4.69, 9.17) is 23.2 Å². The van der Waals surface area contributed by atoms with Crippen LogP contribution in [0.2, 0.25) is 10.0 Å². The first-order valence-corrected chi connectivity index (χ1v) is 7.38. The first-order chi connectivity index (χ1) is 9.93. The van der Waals surface area contributed by atoms with E-state index in [-0.39, 0.29) is 12.5 Å². The van der Waals surface area contributed by atoms with E-state index in [2.05, 4.69) is 10.6 Å². The topological polar surface area (TPSA) is 61.4 Å². The van der Waals surface area contributed by atoms with Crippen molar-refractivity contribution in [3.8, 4) is 0 Å². The Balaban J connectivity index is 2.46. The van der Waals surface area contributed by atoms with E-state index < -0.39 is 6.03 Å². The highest BCUT2D eigenvalue weighted by Crippen LogP contribution is 2.26. The number of nitrogens with zero attached hydrogens (tertiary/aromatic N) is 1. The van der Waals surface area contributed by atoms with Crippen LogP contribution in [0.15, 0.2) is 18.2 Å². The summed E-state index contributed by atoms with van der Waals surface area (Å²) in [4.78, 5) is 24.8. The number of urea groups is 1. The quantitative estimate of drug-likeness (QED) is 0.842. The fraction of sp³-hybridized carbons (Fsp3) is 0.429. The molecule has 1 rings (SSSR count). The second kappa shape index (κ2) is 8.87. The van der Waals surface area contributed by atoms with Crippen LogP contribution in [-0.4, -0.2) is 37.0 Å². The Morgan fingerprint density at radius 1 is 1.29 bits per heavy atom. The Morgan fingerprint density at radius 2 is 2.00 bits per heavy atom. The summed E-state index contributed by atoms with van der Waals surface area (Å²) >= 11 is 12.0. The number of carbonyl (C=O) groups is 2. The maximum atomic E-state index is 11.7. The molecule has 0 heterocycles. The first kappa shape index (κ1) is 17.8. The van der Waals surface area contributed by atoms with Crippen molar-refractivity contribution in [1.29, 1.82) is 0 Å². The van der Waals surface area contributed by atoms with Crippen molar-refractivity contribution in [2.75, 3.05) is 20.1 Å². The predicted molar refractivity (Wildman–Crippen MR) is 84.6 cm³/mol. The van der Waals surface area contributed by atoms with Crippen LogP contribution in [0.1, 0.15) is 18.9 Å². The lowest BCUT2D eigenvalue weighted by molar-refractivity contribution is -0.120. The number of hydrogen-bond acceptors (Lipinski definition) is 3. The number of hydrogen-bond donors (Lipinski definition) is 2. The fourth-order valence-electron chi connectivity index (χ4n) is 1.71. The number of nitrogens with one attached hydrogen (secondary N) is 2. The summed E-state index contributed by atoms with van der Waals surface area (Å²) in [5.74, 6) is -0.371. The molecule has 0 aliphatic carbocycles. The highest BCUT2D eigenvalue weighted by molar-refractivity contribution is 6.42. The minimum absolute atomic E-state index is 0.0857. The molecule has 0 radical (unpaired) electrons. The normalized spacial score (nSPS) is 10.5. The third-order valence-corrected chi connectivity index (χ3v) is 3.53. The molecule has 1 aromatic rings. The molecule has 5 nitrogen and oxygen atoms in total. The average Bonchev–Trinajstić information content (AvgIpc) is 2.41. The Kier molecular flexibility index (Phi) is 7.50. The minimum Gasteiger partial charge on any atom is -0.338 e. The molecule has 2 N–H and O–H groups in total. The number of benzene rings is 1. The number of rotatable bonds is 6. The average molecular weight is 332 g/mol. The number of amides is 3. The largest absolute Gasteiger partial charge is 0.338 e. The molecule has 7 heteroatoms. The van der Waals surface area contributed by atoms with Crippen molar-refractivity contribution in [3.05, 3.63) is 33.8 Å². The van der Waals surface area contributed by atoms with Crippen LogP contribution < -0.4 is 10.6 Å². The van der Waals surface area contributed by atoms with E-state index in [0.29, 0.717) is 23.1 Å². The van der Waals surface area contributed by atoms with Gasteiger partial charge in [-0.25, -0.2) is 4.79 Å². The van der Waals surface area contributed by atoms with E-state index in [1.165, 1.54) is 0 Å². The lowest BCUT2D eigenvalue weighted by atomic mass is 10.2. The van der Waals surface area contributed by atoms with Gasteiger partial charge >= 0.3 is 6.03 Å². The molecule has 0 unspecified atom stereocenters. The second-order valence-electron chi connectivity index (χ2n) is 4.69. The molecule has 0 saturated heterocycles. The van der Waals surface area contributed by atoms with E-state index in [1.807, 2.05) is 13.0 Å². The number of likely N-dealkylation sites (N-methyl/N-ethyl adjacent to an activating group) is 1. The molecule has 0 bridgehead atoms. The number of imide groups is 1. The summed E-state index contributed by atoms with van der Waals surface area (Å²) < 4.78 is 0. The van der Waals surface area contributed by atoms with Gasteiger partial charge in [0.2, 0.25) is 5.91 Å². The van der Waals surface area contributed by atoms with Crippen LogP contribution in [0.4, 0.5) is 4.79 Å². The molecule has 1 aromatic carbocycles. The molecule has 3 amide bonds. The summed E-state index contributed by atoms with van der Waals surface area (Å²) in [5.41, 5.74) is 0.829. The van der Waals surface area contributed by atoms with Gasteiger partial charge in [0.1, 0.15) is 0 Å². The van der Waals surface area contributed by atoms with Gasteiger partial charge in [-0.2, -0.15) is 0 Å². The molecule has 0 fully saturated rings. The molecule has 0 saturated carbocycles. The Bertz CT molecular complexity index is 509. The van der Waals surface area contributed by atoms with Gasteiger partial charge in [0, 0.05) is 13.1 Å². The van der Waals surface area contributed by atoms with Gasteiger partial charge in [0.15, 0.2) is 0 Å².